The van der Waals surface area contributed by atoms with E-state index in [0.29, 0.717) is 32.5 Å². The van der Waals surface area contributed by atoms with Crippen LogP contribution in [0.5, 0.6) is 0 Å². The van der Waals surface area contributed by atoms with Gasteiger partial charge in [0.05, 0.1) is 5.92 Å². The van der Waals surface area contributed by atoms with Crippen molar-refractivity contribution in [2.24, 2.45) is 5.92 Å². The summed E-state index contributed by atoms with van der Waals surface area (Å²) in [6.07, 6.45) is 1.27. The Hall–Kier alpha value is -2.82. The number of urea groups is 1. The van der Waals surface area contributed by atoms with Crippen molar-refractivity contribution in [2.75, 3.05) is 18.4 Å². The van der Waals surface area contributed by atoms with Crippen LogP contribution in [0.25, 0.3) is 0 Å². The molecule has 0 atom stereocenters. The summed E-state index contributed by atoms with van der Waals surface area (Å²) < 4.78 is 5.54. The number of benzene rings is 2. The molecule has 1 heterocycles. The lowest BCUT2D eigenvalue weighted by Gasteiger charge is -2.31. The molecule has 1 fully saturated rings. The maximum absolute atomic E-state index is 12.4. The van der Waals surface area contributed by atoms with Crippen molar-refractivity contribution in [3.63, 3.8) is 0 Å². The van der Waals surface area contributed by atoms with Gasteiger partial charge in [0.25, 0.3) is 0 Å². The molecule has 2 amide bonds. The van der Waals surface area contributed by atoms with Gasteiger partial charge in [-0.05, 0) is 49.9 Å². The molecule has 3 rings (SSSR count). The first-order chi connectivity index (χ1) is 13.0. The van der Waals surface area contributed by atoms with Gasteiger partial charge in [0, 0.05) is 18.8 Å². The van der Waals surface area contributed by atoms with E-state index in [0.717, 1.165) is 22.4 Å². The molecule has 0 aliphatic carbocycles. The van der Waals surface area contributed by atoms with Gasteiger partial charge in [0.15, 0.2) is 0 Å². The molecule has 2 aromatic carbocycles. The molecule has 1 N–H and O–H groups in total. The second-order valence-corrected chi connectivity index (χ2v) is 7.10. The maximum atomic E-state index is 12.4. The van der Waals surface area contributed by atoms with Gasteiger partial charge in [-0.2, -0.15) is 0 Å². The molecule has 1 aliphatic rings. The lowest BCUT2D eigenvalue weighted by Crippen LogP contribution is -2.42. The Morgan fingerprint density at radius 2 is 1.78 bits per heavy atom. The van der Waals surface area contributed by atoms with Gasteiger partial charge >= 0.3 is 12.0 Å². The van der Waals surface area contributed by atoms with Crippen LogP contribution in [-0.4, -0.2) is 30.0 Å². The summed E-state index contributed by atoms with van der Waals surface area (Å²) in [6.45, 7) is 5.47. The maximum Gasteiger partial charge on any atom is 0.321 e. The van der Waals surface area contributed by atoms with Gasteiger partial charge in [0.2, 0.25) is 0 Å². The molecule has 0 radical (unpaired) electrons. The quantitative estimate of drug-likeness (QED) is 0.821. The van der Waals surface area contributed by atoms with E-state index in [-0.39, 0.29) is 17.9 Å². The first-order valence-corrected chi connectivity index (χ1v) is 9.36. The van der Waals surface area contributed by atoms with Crippen molar-refractivity contribution in [1.82, 2.24) is 4.90 Å². The lowest BCUT2D eigenvalue weighted by molar-refractivity contribution is -0.151. The summed E-state index contributed by atoms with van der Waals surface area (Å²) in [7, 11) is 0. The fourth-order valence-corrected chi connectivity index (χ4v) is 3.26. The summed E-state index contributed by atoms with van der Waals surface area (Å²) in [5.41, 5.74) is 4.10. The number of likely N-dealkylation sites (tertiary alicyclic amines) is 1. The molecule has 1 saturated heterocycles. The largest absolute Gasteiger partial charge is 0.461 e. The fourth-order valence-electron chi connectivity index (χ4n) is 3.26. The Kier molecular flexibility index (Phi) is 6.12. The van der Waals surface area contributed by atoms with E-state index in [2.05, 4.69) is 17.4 Å². The Morgan fingerprint density at radius 3 is 2.48 bits per heavy atom. The molecule has 5 nitrogen and oxygen atoms in total. The third-order valence-electron chi connectivity index (χ3n) is 5.02. The minimum Gasteiger partial charge on any atom is -0.461 e. The number of carbonyl (C=O) groups excluding carboxylic acids is 2. The van der Waals surface area contributed by atoms with E-state index in [1.54, 1.807) is 4.90 Å². The van der Waals surface area contributed by atoms with Crippen LogP contribution in [-0.2, 0) is 16.1 Å². The summed E-state index contributed by atoms with van der Waals surface area (Å²) in [6, 6.07) is 15.4. The van der Waals surface area contributed by atoms with Crippen LogP contribution < -0.4 is 5.32 Å². The van der Waals surface area contributed by atoms with Crippen LogP contribution in [0.1, 0.15) is 29.5 Å². The first-order valence-electron chi connectivity index (χ1n) is 9.36. The number of hydrogen-bond acceptors (Lipinski definition) is 3. The second kappa shape index (κ2) is 8.71. The van der Waals surface area contributed by atoms with Crippen molar-refractivity contribution >= 4 is 17.7 Å². The third-order valence-corrected chi connectivity index (χ3v) is 5.02. The van der Waals surface area contributed by atoms with Crippen LogP contribution in [0, 0.1) is 19.8 Å². The Morgan fingerprint density at radius 1 is 1.07 bits per heavy atom. The van der Waals surface area contributed by atoms with Crippen LogP contribution in [0.2, 0.25) is 0 Å². The molecular formula is C22H26N2O3. The fraction of sp³-hybridized carbons (Fsp3) is 0.364. The molecule has 0 aromatic heterocycles. The minimum atomic E-state index is -0.168. The number of hydrogen-bond donors (Lipinski definition) is 1. The van der Waals surface area contributed by atoms with Crippen LogP contribution in [0.3, 0.4) is 0 Å². The topological polar surface area (TPSA) is 58.6 Å². The molecule has 27 heavy (non-hydrogen) atoms. The summed E-state index contributed by atoms with van der Waals surface area (Å²) >= 11 is 0. The van der Waals surface area contributed by atoms with Crippen LogP contribution >= 0.6 is 0 Å². The number of carbonyl (C=O) groups is 2. The zero-order valence-electron chi connectivity index (χ0n) is 15.9. The molecule has 1 aliphatic heterocycles. The smallest absolute Gasteiger partial charge is 0.321 e. The highest BCUT2D eigenvalue weighted by Gasteiger charge is 2.28. The monoisotopic (exact) mass is 366 g/mol. The molecule has 2 aromatic rings. The van der Waals surface area contributed by atoms with Gasteiger partial charge in [-0.25, -0.2) is 4.79 Å². The van der Waals surface area contributed by atoms with Crippen molar-refractivity contribution in [1.29, 1.82) is 0 Å². The van der Waals surface area contributed by atoms with Crippen LogP contribution in [0.4, 0.5) is 10.5 Å². The average Bonchev–Trinajstić information content (AvgIpc) is 2.69. The normalized spacial score (nSPS) is 14.7. The zero-order chi connectivity index (χ0) is 19.2. The highest BCUT2D eigenvalue weighted by molar-refractivity contribution is 5.89. The molecule has 0 unspecified atom stereocenters. The number of rotatable bonds is 4. The van der Waals surface area contributed by atoms with Crippen molar-refractivity contribution < 1.29 is 14.3 Å². The first kappa shape index (κ1) is 19.0. The zero-order valence-corrected chi connectivity index (χ0v) is 15.9. The van der Waals surface area contributed by atoms with Gasteiger partial charge in [-0.1, -0.05) is 42.0 Å². The number of aryl methyl sites for hydroxylation is 2. The predicted molar refractivity (Wildman–Crippen MR) is 105 cm³/mol. The Labute approximate surface area is 160 Å². The van der Waals surface area contributed by atoms with E-state index in [1.807, 2.05) is 50.2 Å². The van der Waals surface area contributed by atoms with E-state index < -0.39 is 0 Å². The molecule has 0 saturated carbocycles. The molecule has 0 spiro atoms. The molecular weight excluding hydrogens is 340 g/mol. The number of nitrogens with one attached hydrogen (secondary N) is 1. The van der Waals surface area contributed by atoms with Crippen LogP contribution in [0.15, 0.2) is 48.5 Å². The van der Waals surface area contributed by atoms with Gasteiger partial charge in [-0.15, -0.1) is 0 Å². The Balaban J connectivity index is 1.46. The number of piperidine rings is 1. The average molecular weight is 366 g/mol. The number of para-hydroxylation sites is 1. The van der Waals surface area contributed by atoms with E-state index in [9.17, 15) is 9.59 Å². The molecule has 5 heteroatoms. The van der Waals surface area contributed by atoms with E-state index in [4.69, 9.17) is 4.74 Å². The second-order valence-electron chi connectivity index (χ2n) is 7.10. The summed E-state index contributed by atoms with van der Waals surface area (Å²) in [5, 5.41) is 2.88. The predicted octanol–water partition coefficient (Wildman–Crippen LogP) is 4.29. The lowest BCUT2D eigenvalue weighted by atomic mass is 9.97. The minimum absolute atomic E-state index is 0.122. The Bertz CT molecular complexity index is 796. The van der Waals surface area contributed by atoms with E-state index in [1.165, 1.54) is 0 Å². The summed E-state index contributed by atoms with van der Waals surface area (Å²) in [4.78, 5) is 26.5. The van der Waals surface area contributed by atoms with Crippen molar-refractivity contribution in [3.8, 4) is 0 Å². The molecule has 142 valence electrons. The highest BCUT2D eigenvalue weighted by atomic mass is 16.5. The van der Waals surface area contributed by atoms with Gasteiger partial charge < -0.3 is 15.0 Å². The number of amides is 2. The third kappa shape index (κ3) is 5.09. The number of ether oxygens (including phenoxy) is 1. The molecule has 0 bridgehead atoms. The van der Waals surface area contributed by atoms with Gasteiger partial charge in [0.1, 0.15) is 6.61 Å². The highest BCUT2D eigenvalue weighted by Crippen LogP contribution is 2.21. The number of nitrogens with zero attached hydrogens (tertiary/aromatic N) is 1. The van der Waals surface area contributed by atoms with Crippen molar-refractivity contribution in [3.05, 3.63) is 65.2 Å². The number of esters is 1. The van der Waals surface area contributed by atoms with E-state index >= 15 is 0 Å². The standard InChI is InChI=1S/C22H26N2O3/c1-16-8-9-17(2)19(14-16)15-27-21(25)18-10-12-24(13-11-18)22(26)23-20-6-4-3-5-7-20/h3-9,14,18H,10-13,15H2,1-2H3,(H,23,26). The van der Waals surface area contributed by atoms with Crippen molar-refractivity contribution in [2.45, 2.75) is 33.3 Å². The SMILES string of the molecule is Cc1ccc(C)c(COC(=O)C2CCN(C(=O)Nc3ccccc3)CC2)c1. The van der Waals surface area contributed by atoms with Gasteiger partial charge in [-0.3, -0.25) is 4.79 Å². The number of anilines is 1. The summed E-state index contributed by atoms with van der Waals surface area (Å²) in [5.74, 6) is -0.310.